The zero-order valence-corrected chi connectivity index (χ0v) is 14.8. The summed E-state index contributed by atoms with van der Waals surface area (Å²) in [7, 11) is 0. The van der Waals surface area contributed by atoms with Crippen molar-refractivity contribution >= 4 is 28.7 Å². The Labute approximate surface area is 151 Å². The van der Waals surface area contributed by atoms with E-state index >= 15 is 0 Å². The van der Waals surface area contributed by atoms with Gasteiger partial charge >= 0.3 is 5.69 Å². The highest BCUT2D eigenvalue weighted by Gasteiger charge is 2.23. The first-order valence-electron chi connectivity index (χ1n) is 8.11. The first-order valence-corrected chi connectivity index (χ1v) is 8.11. The molecule has 0 aliphatic carbocycles. The molecule has 1 heterocycles. The quantitative estimate of drug-likeness (QED) is 0.508. The third-order valence-electron chi connectivity index (χ3n) is 3.80. The van der Waals surface area contributed by atoms with Crippen LogP contribution in [-0.2, 0) is 0 Å². The Bertz CT molecular complexity index is 934. The lowest BCUT2D eigenvalue weighted by Crippen LogP contribution is -2.05. The van der Waals surface area contributed by atoms with E-state index in [1.165, 1.54) is 6.33 Å². The van der Waals surface area contributed by atoms with Crippen LogP contribution in [0.3, 0.4) is 0 Å². The predicted octanol–water partition coefficient (Wildman–Crippen LogP) is 4.80. The molecule has 2 aromatic carbocycles. The molecular weight excluding hydrogens is 330 g/mol. The van der Waals surface area contributed by atoms with Gasteiger partial charge in [0.2, 0.25) is 11.6 Å². The van der Waals surface area contributed by atoms with Gasteiger partial charge in [0.1, 0.15) is 6.33 Å². The standard InChI is InChI=1S/C19H19N5O2/c1-12-4-6-15(7-5-12)22-18-17(24(25)26)19(21-11-20-18)23-16-9-13(2)8-14(3)10-16/h4-11H,1-3H3,(H2,20,21,22,23). The van der Waals surface area contributed by atoms with E-state index in [1.807, 2.05) is 63.2 Å². The largest absolute Gasteiger partial charge is 0.353 e. The molecule has 7 heteroatoms. The maximum absolute atomic E-state index is 11.7. The molecule has 0 aliphatic rings. The van der Waals surface area contributed by atoms with Gasteiger partial charge in [-0.1, -0.05) is 23.8 Å². The number of nitrogens with one attached hydrogen (secondary N) is 2. The van der Waals surface area contributed by atoms with Crippen molar-refractivity contribution in [3.05, 3.63) is 75.6 Å². The van der Waals surface area contributed by atoms with E-state index in [-0.39, 0.29) is 17.3 Å². The van der Waals surface area contributed by atoms with Crippen molar-refractivity contribution in [3.8, 4) is 0 Å². The summed E-state index contributed by atoms with van der Waals surface area (Å²) in [5, 5.41) is 17.7. The molecule has 3 rings (SSSR count). The Balaban J connectivity index is 1.98. The summed E-state index contributed by atoms with van der Waals surface area (Å²) < 4.78 is 0. The molecule has 7 nitrogen and oxygen atoms in total. The van der Waals surface area contributed by atoms with Crippen molar-refractivity contribution in [2.75, 3.05) is 10.6 Å². The van der Waals surface area contributed by atoms with Crippen LogP contribution in [0.25, 0.3) is 0 Å². The monoisotopic (exact) mass is 349 g/mol. The highest BCUT2D eigenvalue weighted by Crippen LogP contribution is 2.33. The fraction of sp³-hybridized carbons (Fsp3) is 0.158. The molecule has 0 spiro atoms. The first-order chi connectivity index (χ1) is 12.4. The van der Waals surface area contributed by atoms with E-state index in [0.29, 0.717) is 0 Å². The minimum absolute atomic E-state index is 0.140. The van der Waals surface area contributed by atoms with Gasteiger partial charge in [0, 0.05) is 11.4 Å². The van der Waals surface area contributed by atoms with Crippen molar-refractivity contribution in [3.63, 3.8) is 0 Å². The van der Waals surface area contributed by atoms with Gasteiger partial charge in [-0.15, -0.1) is 0 Å². The number of nitro groups is 1. The maximum Gasteiger partial charge on any atom is 0.353 e. The Morgan fingerprint density at radius 3 is 1.88 bits per heavy atom. The van der Waals surface area contributed by atoms with Crippen molar-refractivity contribution < 1.29 is 4.92 Å². The number of hydrogen-bond donors (Lipinski definition) is 2. The van der Waals surface area contributed by atoms with Crippen molar-refractivity contribution in [2.24, 2.45) is 0 Å². The molecule has 3 aromatic rings. The fourth-order valence-electron chi connectivity index (χ4n) is 2.69. The van der Waals surface area contributed by atoms with Gasteiger partial charge in [-0.2, -0.15) is 0 Å². The second-order valence-corrected chi connectivity index (χ2v) is 6.17. The van der Waals surface area contributed by atoms with Crippen LogP contribution >= 0.6 is 0 Å². The first kappa shape index (κ1) is 17.3. The van der Waals surface area contributed by atoms with Crippen molar-refractivity contribution in [2.45, 2.75) is 20.8 Å². The number of anilines is 4. The van der Waals surface area contributed by atoms with Crippen LogP contribution in [0.1, 0.15) is 16.7 Å². The van der Waals surface area contributed by atoms with E-state index in [9.17, 15) is 10.1 Å². The summed E-state index contributed by atoms with van der Waals surface area (Å²) >= 11 is 0. The van der Waals surface area contributed by atoms with Crippen molar-refractivity contribution in [1.82, 2.24) is 9.97 Å². The number of nitrogens with zero attached hydrogens (tertiary/aromatic N) is 3. The third kappa shape index (κ3) is 3.94. The van der Waals surface area contributed by atoms with Crippen LogP contribution < -0.4 is 10.6 Å². The molecule has 0 amide bonds. The number of rotatable bonds is 5. The Morgan fingerprint density at radius 2 is 1.35 bits per heavy atom. The molecule has 0 aliphatic heterocycles. The number of hydrogen-bond acceptors (Lipinski definition) is 6. The molecule has 132 valence electrons. The van der Waals surface area contributed by atoms with Gasteiger partial charge in [-0.25, -0.2) is 9.97 Å². The summed E-state index contributed by atoms with van der Waals surface area (Å²) in [4.78, 5) is 19.3. The van der Waals surface area contributed by atoms with Crippen LogP contribution in [0, 0.1) is 30.9 Å². The highest BCUT2D eigenvalue weighted by molar-refractivity contribution is 5.77. The van der Waals surface area contributed by atoms with Gasteiger partial charge in [0.05, 0.1) is 4.92 Å². The minimum atomic E-state index is -0.485. The molecule has 0 unspecified atom stereocenters. The lowest BCUT2D eigenvalue weighted by molar-refractivity contribution is -0.383. The minimum Gasteiger partial charge on any atom is -0.334 e. The molecule has 2 N–H and O–H groups in total. The summed E-state index contributed by atoms with van der Waals surface area (Å²) in [6.07, 6.45) is 1.30. The van der Waals surface area contributed by atoms with E-state index < -0.39 is 4.92 Å². The van der Waals surface area contributed by atoms with Gasteiger partial charge in [-0.05, 0) is 56.2 Å². The van der Waals surface area contributed by atoms with Gasteiger partial charge in [0.25, 0.3) is 0 Å². The SMILES string of the molecule is Cc1ccc(Nc2ncnc(Nc3cc(C)cc(C)c3)c2[N+](=O)[O-])cc1. The average molecular weight is 349 g/mol. The number of benzene rings is 2. The molecule has 0 saturated carbocycles. The predicted molar refractivity (Wildman–Crippen MR) is 102 cm³/mol. The summed E-state index contributed by atoms with van der Waals surface area (Å²) in [5.74, 6) is 0.283. The van der Waals surface area contributed by atoms with Gasteiger partial charge in [-0.3, -0.25) is 10.1 Å². The lowest BCUT2D eigenvalue weighted by Gasteiger charge is -2.11. The molecule has 26 heavy (non-hydrogen) atoms. The van der Waals surface area contributed by atoms with Crippen LogP contribution in [0.4, 0.5) is 28.7 Å². The van der Waals surface area contributed by atoms with Gasteiger partial charge in [0.15, 0.2) is 0 Å². The second-order valence-electron chi connectivity index (χ2n) is 6.17. The molecule has 0 fully saturated rings. The van der Waals surface area contributed by atoms with E-state index in [2.05, 4.69) is 20.6 Å². The topological polar surface area (TPSA) is 93.0 Å². The zero-order chi connectivity index (χ0) is 18.7. The zero-order valence-electron chi connectivity index (χ0n) is 14.8. The third-order valence-corrected chi connectivity index (χ3v) is 3.80. The summed E-state index contributed by atoms with van der Waals surface area (Å²) in [6, 6.07) is 13.4. The number of aryl methyl sites for hydroxylation is 3. The fourth-order valence-corrected chi connectivity index (χ4v) is 2.69. The number of aromatic nitrogens is 2. The van der Waals surface area contributed by atoms with Gasteiger partial charge < -0.3 is 10.6 Å². The Kier molecular flexibility index (Phi) is 4.79. The average Bonchev–Trinajstić information content (AvgIpc) is 2.56. The molecule has 0 bridgehead atoms. The van der Waals surface area contributed by atoms with Crippen molar-refractivity contribution in [1.29, 1.82) is 0 Å². The Morgan fingerprint density at radius 1 is 0.808 bits per heavy atom. The van der Waals surface area contributed by atoms with E-state index in [4.69, 9.17) is 0 Å². The molecule has 0 saturated heterocycles. The molecular formula is C19H19N5O2. The highest BCUT2D eigenvalue weighted by atomic mass is 16.6. The van der Waals surface area contributed by atoms with E-state index in [0.717, 1.165) is 28.1 Å². The maximum atomic E-state index is 11.7. The lowest BCUT2D eigenvalue weighted by atomic mass is 10.1. The Hall–Kier alpha value is -3.48. The normalized spacial score (nSPS) is 10.4. The smallest absolute Gasteiger partial charge is 0.334 e. The van der Waals surface area contributed by atoms with E-state index in [1.54, 1.807) is 0 Å². The molecule has 1 aromatic heterocycles. The molecule has 0 radical (unpaired) electrons. The van der Waals surface area contributed by atoms with Crippen LogP contribution in [-0.4, -0.2) is 14.9 Å². The summed E-state index contributed by atoms with van der Waals surface area (Å²) in [6.45, 7) is 5.91. The van der Waals surface area contributed by atoms with Crippen LogP contribution in [0.5, 0.6) is 0 Å². The van der Waals surface area contributed by atoms with Crippen LogP contribution in [0.2, 0.25) is 0 Å². The van der Waals surface area contributed by atoms with Crippen LogP contribution in [0.15, 0.2) is 48.8 Å². The second kappa shape index (κ2) is 7.18. The summed E-state index contributed by atoms with van der Waals surface area (Å²) in [5.41, 5.74) is 4.47. The molecule has 0 atom stereocenters.